The molecule has 1 amide bonds. The first-order valence-electron chi connectivity index (χ1n) is 16.5. The molecule has 0 aromatic carbocycles. The number of rotatable bonds is 29. The SMILES string of the molecule is CCCC/C=C\C(CCCCCCC(=O)NCC(=O)O)OC(=O)CCCCCCC/C=C\CCCCCCCC. The lowest BCUT2D eigenvalue weighted by Crippen LogP contribution is -2.28. The van der Waals surface area contributed by atoms with Crippen LogP contribution in [0, 0.1) is 0 Å². The second-order valence-electron chi connectivity index (χ2n) is 11.1. The van der Waals surface area contributed by atoms with Gasteiger partial charge in [-0.25, -0.2) is 0 Å². The van der Waals surface area contributed by atoms with E-state index < -0.39 is 5.97 Å². The third-order valence-electron chi connectivity index (χ3n) is 7.08. The normalized spacial score (nSPS) is 12.2. The monoisotopic (exact) mass is 563 g/mol. The summed E-state index contributed by atoms with van der Waals surface area (Å²) in [6, 6.07) is 0. The van der Waals surface area contributed by atoms with Crippen LogP contribution in [0.15, 0.2) is 24.3 Å². The summed E-state index contributed by atoms with van der Waals surface area (Å²) in [6.07, 6.45) is 33.3. The van der Waals surface area contributed by atoms with Gasteiger partial charge in [-0.3, -0.25) is 14.4 Å². The van der Waals surface area contributed by atoms with E-state index >= 15 is 0 Å². The van der Waals surface area contributed by atoms with E-state index in [1.807, 2.05) is 6.08 Å². The first-order valence-corrected chi connectivity index (χ1v) is 16.5. The molecule has 1 atom stereocenters. The van der Waals surface area contributed by atoms with Crippen LogP contribution in [-0.4, -0.2) is 35.6 Å². The lowest BCUT2D eigenvalue weighted by Gasteiger charge is -2.15. The fraction of sp³-hybridized carbons (Fsp3) is 0.794. The van der Waals surface area contributed by atoms with Crippen molar-refractivity contribution in [2.75, 3.05) is 6.54 Å². The number of unbranched alkanes of at least 4 members (excludes halogenated alkanes) is 16. The largest absolute Gasteiger partial charge is 0.480 e. The van der Waals surface area contributed by atoms with Crippen LogP contribution in [0.1, 0.15) is 162 Å². The van der Waals surface area contributed by atoms with Gasteiger partial charge in [0.2, 0.25) is 5.91 Å². The van der Waals surface area contributed by atoms with Crippen LogP contribution in [0.4, 0.5) is 0 Å². The summed E-state index contributed by atoms with van der Waals surface area (Å²) in [5.74, 6) is -1.35. The van der Waals surface area contributed by atoms with E-state index in [0.29, 0.717) is 12.8 Å². The second kappa shape index (κ2) is 29.9. The molecular weight excluding hydrogens is 502 g/mol. The fourth-order valence-corrected chi connectivity index (χ4v) is 4.58. The molecule has 0 aliphatic heterocycles. The van der Waals surface area contributed by atoms with Crippen molar-refractivity contribution in [1.82, 2.24) is 5.32 Å². The molecule has 6 nitrogen and oxygen atoms in total. The van der Waals surface area contributed by atoms with E-state index in [1.54, 1.807) is 0 Å². The predicted molar refractivity (Wildman–Crippen MR) is 166 cm³/mol. The lowest BCUT2D eigenvalue weighted by atomic mass is 10.1. The standard InChI is InChI=1S/C34H61NO5/c1-3-5-7-9-10-11-12-13-14-15-16-17-18-19-25-29-34(39)40-31(26-22-8-6-4-2)27-23-20-21-24-28-32(36)35-30-33(37)38/h13-14,22,26,31H,3-12,15-21,23-25,27-30H2,1-2H3,(H,35,36)(H,37,38)/b14-13-,26-22-. The molecule has 0 saturated carbocycles. The topological polar surface area (TPSA) is 92.7 Å². The molecule has 232 valence electrons. The maximum atomic E-state index is 12.4. The molecular formula is C34H61NO5. The highest BCUT2D eigenvalue weighted by Crippen LogP contribution is 2.14. The molecule has 0 aromatic rings. The minimum Gasteiger partial charge on any atom is -0.480 e. The van der Waals surface area contributed by atoms with Gasteiger partial charge < -0.3 is 15.2 Å². The molecule has 0 aromatic heterocycles. The van der Waals surface area contributed by atoms with Gasteiger partial charge in [-0.2, -0.15) is 0 Å². The summed E-state index contributed by atoms with van der Waals surface area (Å²) < 4.78 is 5.79. The van der Waals surface area contributed by atoms with Gasteiger partial charge in [-0.05, 0) is 63.9 Å². The van der Waals surface area contributed by atoms with Crippen molar-refractivity contribution in [2.24, 2.45) is 0 Å². The van der Waals surface area contributed by atoms with E-state index in [4.69, 9.17) is 9.84 Å². The van der Waals surface area contributed by atoms with Crippen molar-refractivity contribution < 1.29 is 24.2 Å². The third kappa shape index (κ3) is 28.9. The summed E-state index contributed by atoms with van der Waals surface area (Å²) in [5.41, 5.74) is 0. The first-order chi connectivity index (χ1) is 19.5. The molecule has 2 N–H and O–H groups in total. The summed E-state index contributed by atoms with van der Waals surface area (Å²) in [6.45, 7) is 4.10. The zero-order valence-electron chi connectivity index (χ0n) is 25.9. The molecule has 0 saturated heterocycles. The number of carboxylic acid groups (broad SMARTS) is 1. The number of carbonyl (C=O) groups is 3. The Morgan fingerprint density at radius 3 is 1.80 bits per heavy atom. The van der Waals surface area contributed by atoms with Gasteiger partial charge in [0.15, 0.2) is 0 Å². The lowest BCUT2D eigenvalue weighted by molar-refractivity contribution is -0.147. The molecule has 0 radical (unpaired) electrons. The van der Waals surface area contributed by atoms with Gasteiger partial charge in [0.05, 0.1) is 0 Å². The van der Waals surface area contributed by atoms with E-state index in [2.05, 4.69) is 37.4 Å². The van der Waals surface area contributed by atoms with Crippen LogP contribution in [-0.2, 0) is 19.1 Å². The highest BCUT2D eigenvalue weighted by molar-refractivity contribution is 5.80. The number of carboxylic acids is 1. The average Bonchev–Trinajstić information content (AvgIpc) is 2.93. The molecule has 6 heteroatoms. The van der Waals surface area contributed by atoms with Crippen molar-refractivity contribution >= 4 is 17.8 Å². The smallest absolute Gasteiger partial charge is 0.322 e. The van der Waals surface area contributed by atoms with Crippen LogP contribution in [0.3, 0.4) is 0 Å². The Morgan fingerprint density at radius 1 is 0.650 bits per heavy atom. The number of hydrogen-bond donors (Lipinski definition) is 2. The summed E-state index contributed by atoms with van der Waals surface area (Å²) >= 11 is 0. The van der Waals surface area contributed by atoms with Crippen molar-refractivity contribution in [3.8, 4) is 0 Å². The molecule has 0 rings (SSSR count). The Balaban J connectivity index is 3.95. The van der Waals surface area contributed by atoms with Crippen LogP contribution in [0.2, 0.25) is 0 Å². The maximum absolute atomic E-state index is 12.4. The minimum absolute atomic E-state index is 0.0992. The highest BCUT2D eigenvalue weighted by atomic mass is 16.5. The number of ether oxygens (including phenoxy) is 1. The number of aliphatic carboxylic acids is 1. The Hall–Kier alpha value is -2.11. The van der Waals surface area contributed by atoms with Crippen molar-refractivity contribution in [3.63, 3.8) is 0 Å². The highest BCUT2D eigenvalue weighted by Gasteiger charge is 2.11. The molecule has 0 fully saturated rings. The molecule has 0 spiro atoms. The zero-order valence-corrected chi connectivity index (χ0v) is 25.9. The van der Waals surface area contributed by atoms with Gasteiger partial charge in [0, 0.05) is 12.8 Å². The number of nitrogens with one attached hydrogen (secondary N) is 1. The predicted octanol–water partition coefficient (Wildman–Crippen LogP) is 9.22. The number of amides is 1. The number of carbonyl (C=O) groups excluding carboxylic acids is 2. The third-order valence-corrected chi connectivity index (χ3v) is 7.08. The Morgan fingerprint density at radius 2 is 1.18 bits per heavy atom. The first kappa shape index (κ1) is 37.9. The Bertz CT molecular complexity index is 673. The molecule has 0 heterocycles. The van der Waals surface area contributed by atoms with Gasteiger partial charge >= 0.3 is 11.9 Å². The maximum Gasteiger partial charge on any atom is 0.322 e. The summed E-state index contributed by atoms with van der Waals surface area (Å²) in [7, 11) is 0. The molecule has 40 heavy (non-hydrogen) atoms. The summed E-state index contributed by atoms with van der Waals surface area (Å²) in [5, 5.41) is 11.0. The second-order valence-corrected chi connectivity index (χ2v) is 11.1. The molecule has 0 aliphatic carbocycles. The average molecular weight is 564 g/mol. The van der Waals surface area contributed by atoms with Crippen molar-refractivity contribution in [2.45, 2.75) is 168 Å². The van der Waals surface area contributed by atoms with Crippen LogP contribution in [0.25, 0.3) is 0 Å². The van der Waals surface area contributed by atoms with Gasteiger partial charge in [0.25, 0.3) is 0 Å². The van der Waals surface area contributed by atoms with E-state index in [-0.39, 0.29) is 24.5 Å². The van der Waals surface area contributed by atoms with Crippen LogP contribution in [0.5, 0.6) is 0 Å². The molecule has 0 aliphatic rings. The van der Waals surface area contributed by atoms with Gasteiger partial charge in [0.1, 0.15) is 12.6 Å². The van der Waals surface area contributed by atoms with Crippen LogP contribution >= 0.6 is 0 Å². The van der Waals surface area contributed by atoms with Gasteiger partial charge in [-0.15, -0.1) is 0 Å². The fourth-order valence-electron chi connectivity index (χ4n) is 4.58. The molecule has 1 unspecified atom stereocenters. The quantitative estimate of drug-likeness (QED) is 0.0537. The minimum atomic E-state index is -1.03. The number of hydrogen-bond acceptors (Lipinski definition) is 4. The Labute approximate surface area is 245 Å². The van der Waals surface area contributed by atoms with E-state index in [1.165, 1.54) is 70.6 Å². The number of allylic oxidation sites excluding steroid dienone is 3. The molecule has 0 bridgehead atoms. The van der Waals surface area contributed by atoms with Gasteiger partial charge in [-0.1, -0.05) is 109 Å². The van der Waals surface area contributed by atoms with Crippen molar-refractivity contribution in [3.05, 3.63) is 24.3 Å². The summed E-state index contributed by atoms with van der Waals surface area (Å²) in [4.78, 5) is 34.5. The number of esters is 1. The van der Waals surface area contributed by atoms with E-state index in [9.17, 15) is 14.4 Å². The van der Waals surface area contributed by atoms with Crippen LogP contribution < -0.4 is 5.32 Å². The van der Waals surface area contributed by atoms with E-state index in [0.717, 1.165) is 64.2 Å². The van der Waals surface area contributed by atoms with Crippen molar-refractivity contribution in [1.29, 1.82) is 0 Å². The Kier molecular flexibility index (Phi) is 28.3. The zero-order chi connectivity index (χ0) is 29.5.